The van der Waals surface area contributed by atoms with Crippen LogP contribution in [0.25, 0.3) is 10.8 Å². The summed E-state index contributed by atoms with van der Waals surface area (Å²) in [5.74, 6) is 2.38. The number of nitrogens with zero attached hydrogens (tertiary/aromatic N) is 5. The van der Waals surface area contributed by atoms with Crippen LogP contribution in [0.1, 0.15) is 42.2 Å². The number of aromatic nitrogens is 5. The maximum absolute atomic E-state index is 5.68. The maximum atomic E-state index is 5.68. The van der Waals surface area contributed by atoms with Crippen molar-refractivity contribution in [3.05, 3.63) is 22.4 Å². The maximum Gasteiger partial charge on any atom is 0.277 e. The summed E-state index contributed by atoms with van der Waals surface area (Å²) in [7, 11) is 0. The van der Waals surface area contributed by atoms with E-state index in [1.165, 1.54) is 11.8 Å². The van der Waals surface area contributed by atoms with Gasteiger partial charge in [-0.3, -0.25) is 0 Å². The van der Waals surface area contributed by atoms with Crippen molar-refractivity contribution in [2.24, 2.45) is 0 Å². The number of thioether (sulfide) groups is 1. The number of hydrogen-bond acceptors (Lipinski definition) is 9. The van der Waals surface area contributed by atoms with Gasteiger partial charge in [-0.05, 0) is 20.3 Å². The first-order chi connectivity index (χ1) is 11.2. The Bertz CT molecular complexity index is 780. The molecule has 0 aliphatic heterocycles. The molecule has 0 saturated carbocycles. The molecule has 0 spiro atoms. The number of unbranched alkanes of at least 4 members (excludes halogenated alkanes) is 1. The molecule has 0 aliphatic carbocycles. The fraction of sp³-hybridized carbons (Fsp3) is 0.500. The van der Waals surface area contributed by atoms with Crippen molar-refractivity contribution in [3.63, 3.8) is 0 Å². The zero-order valence-electron chi connectivity index (χ0n) is 13.2. The van der Waals surface area contributed by atoms with Crippen molar-refractivity contribution >= 4 is 23.1 Å². The molecule has 0 bridgehead atoms. The summed E-state index contributed by atoms with van der Waals surface area (Å²) in [4.78, 5) is 9.64. The Morgan fingerprint density at radius 1 is 1.17 bits per heavy atom. The summed E-state index contributed by atoms with van der Waals surface area (Å²) in [5, 5.41) is 13.6. The summed E-state index contributed by atoms with van der Waals surface area (Å²) < 4.78 is 10.9. The lowest BCUT2D eigenvalue weighted by Gasteiger charge is -1.91. The molecule has 0 unspecified atom stereocenters. The van der Waals surface area contributed by atoms with Gasteiger partial charge in [-0.25, -0.2) is 4.98 Å². The Kier molecular flexibility index (Phi) is 5.06. The Morgan fingerprint density at radius 3 is 2.78 bits per heavy atom. The fourth-order valence-electron chi connectivity index (χ4n) is 1.99. The predicted molar refractivity (Wildman–Crippen MR) is 87.4 cm³/mol. The van der Waals surface area contributed by atoms with Crippen LogP contribution in [-0.2, 0) is 12.2 Å². The molecular weight excluding hydrogens is 334 g/mol. The third kappa shape index (κ3) is 3.97. The van der Waals surface area contributed by atoms with Crippen molar-refractivity contribution in [1.29, 1.82) is 0 Å². The molecule has 0 fully saturated rings. The summed E-state index contributed by atoms with van der Waals surface area (Å²) in [5.41, 5.74) is 0.909. The molecule has 23 heavy (non-hydrogen) atoms. The highest BCUT2D eigenvalue weighted by atomic mass is 32.2. The molecule has 3 aromatic heterocycles. The molecule has 0 saturated heterocycles. The van der Waals surface area contributed by atoms with Gasteiger partial charge >= 0.3 is 0 Å². The van der Waals surface area contributed by atoms with Gasteiger partial charge in [0.15, 0.2) is 5.82 Å². The van der Waals surface area contributed by atoms with Crippen molar-refractivity contribution in [2.75, 3.05) is 0 Å². The molecule has 0 N–H and O–H groups in total. The van der Waals surface area contributed by atoms with Crippen LogP contribution in [0, 0.1) is 13.8 Å². The zero-order chi connectivity index (χ0) is 16.2. The molecule has 122 valence electrons. The molecule has 0 amide bonds. The van der Waals surface area contributed by atoms with Crippen LogP contribution in [0.3, 0.4) is 0 Å². The Hall–Kier alpha value is -1.74. The number of aryl methyl sites for hydroxylation is 3. The molecule has 3 rings (SSSR count). The zero-order valence-corrected chi connectivity index (χ0v) is 14.8. The largest absolute Gasteiger partial charge is 0.410 e. The second kappa shape index (κ2) is 7.22. The second-order valence-electron chi connectivity index (χ2n) is 5.02. The topological polar surface area (TPSA) is 90.7 Å². The van der Waals surface area contributed by atoms with Gasteiger partial charge in [0.05, 0.1) is 16.5 Å². The minimum Gasteiger partial charge on any atom is -0.410 e. The molecule has 9 heteroatoms. The first-order valence-electron chi connectivity index (χ1n) is 7.38. The molecule has 3 heterocycles. The van der Waals surface area contributed by atoms with Gasteiger partial charge in [-0.15, -0.1) is 21.5 Å². The van der Waals surface area contributed by atoms with Crippen LogP contribution in [0.4, 0.5) is 0 Å². The molecule has 0 radical (unpaired) electrons. The summed E-state index contributed by atoms with van der Waals surface area (Å²) in [6.45, 7) is 6.03. The normalized spacial score (nSPS) is 11.3. The van der Waals surface area contributed by atoms with E-state index in [4.69, 9.17) is 8.94 Å². The van der Waals surface area contributed by atoms with Gasteiger partial charge in [0.2, 0.25) is 5.89 Å². The lowest BCUT2D eigenvalue weighted by molar-refractivity contribution is 0.371. The highest BCUT2D eigenvalue weighted by molar-refractivity contribution is 7.98. The van der Waals surface area contributed by atoms with Gasteiger partial charge in [0.1, 0.15) is 4.88 Å². The first kappa shape index (κ1) is 16.1. The highest BCUT2D eigenvalue weighted by Gasteiger charge is 2.16. The van der Waals surface area contributed by atoms with Crippen molar-refractivity contribution in [2.45, 2.75) is 51.0 Å². The van der Waals surface area contributed by atoms with Crippen molar-refractivity contribution < 1.29 is 8.94 Å². The quantitative estimate of drug-likeness (QED) is 0.593. The molecular formula is C14H17N5O2S2. The lowest BCUT2D eigenvalue weighted by atomic mass is 10.2. The molecule has 7 nitrogen and oxygen atoms in total. The molecule has 0 aliphatic rings. The van der Waals surface area contributed by atoms with Gasteiger partial charge < -0.3 is 8.94 Å². The first-order valence-corrected chi connectivity index (χ1v) is 9.18. The third-order valence-corrected chi connectivity index (χ3v) is 4.96. The van der Waals surface area contributed by atoms with E-state index in [0.717, 1.165) is 34.8 Å². The minimum absolute atomic E-state index is 0.491. The number of thiazole rings is 1. The van der Waals surface area contributed by atoms with Crippen LogP contribution >= 0.6 is 23.1 Å². The number of rotatable bonds is 7. The van der Waals surface area contributed by atoms with Crippen molar-refractivity contribution in [1.82, 2.24) is 25.3 Å². The predicted octanol–water partition coefficient (Wildman–Crippen LogP) is 3.83. The Morgan fingerprint density at radius 2 is 2.04 bits per heavy atom. The highest BCUT2D eigenvalue weighted by Crippen LogP contribution is 2.31. The molecule has 3 aromatic rings. The molecule has 0 atom stereocenters. The third-order valence-electron chi connectivity index (χ3n) is 3.08. The van der Waals surface area contributed by atoms with Crippen molar-refractivity contribution in [3.8, 4) is 10.8 Å². The van der Waals surface area contributed by atoms with E-state index in [9.17, 15) is 0 Å². The van der Waals surface area contributed by atoms with Crippen LogP contribution in [0.2, 0.25) is 0 Å². The second-order valence-corrected chi connectivity index (χ2v) is 7.15. The Labute approximate surface area is 141 Å². The van der Waals surface area contributed by atoms with Gasteiger partial charge in [0, 0.05) is 6.42 Å². The smallest absolute Gasteiger partial charge is 0.277 e. The van der Waals surface area contributed by atoms with E-state index < -0.39 is 0 Å². The van der Waals surface area contributed by atoms with E-state index >= 15 is 0 Å². The lowest BCUT2D eigenvalue weighted by Crippen LogP contribution is -1.87. The van der Waals surface area contributed by atoms with E-state index in [1.807, 2.05) is 13.8 Å². The van der Waals surface area contributed by atoms with Crippen LogP contribution in [0.15, 0.2) is 14.2 Å². The van der Waals surface area contributed by atoms with Crippen LogP contribution < -0.4 is 0 Å². The van der Waals surface area contributed by atoms with Gasteiger partial charge in [-0.2, -0.15) is 4.98 Å². The summed E-state index contributed by atoms with van der Waals surface area (Å²) >= 11 is 2.95. The van der Waals surface area contributed by atoms with E-state index in [-0.39, 0.29) is 0 Å². The van der Waals surface area contributed by atoms with E-state index in [2.05, 4.69) is 32.2 Å². The summed E-state index contributed by atoms with van der Waals surface area (Å²) in [6, 6.07) is 0. The minimum atomic E-state index is 0.491. The van der Waals surface area contributed by atoms with Gasteiger partial charge in [0.25, 0.3) is 11.1 Å². The summed E-state index contributed by atoms with van der Waals surface area (Å²) in [6.07, 6.45) is 2.98. The monoisotopic (exact) mass is 351 g/mol. The average molecular weight is 351 g/mol. The molecule has 0 aromatic carbocycles. The standard InChI is InChI=1S/C14H17N5O2S2/c1-4-5-6-11-16-10(19-21-11)7-22-14-18-17-13(20-14)12-8(2)15-9(3)23-12/h4-7H2,1-3H3. The SMILES string of the molecule is CCCCc1nc(CSc2nnc(-c3sc(C)nc3C)o2)no1. The van der Waals surface area contributed by atoms with Gasteiger partial charge in [-0.1, -0.05) is 30.3 Å². The van der Waals surface area contributed by atoms with E-state index in [0.29, 0.717) is 28.6 Å². The average Bonchev–Trinajstić information content (AvgIpc) is 3.23. The van der Waals surface area contributed by atoms with Crippen LogP contribution in [0.5, 0.6) is 0 Å². The Balaban J connectivity index is 1.61. The fourth-order valence-corrected chi connectivity index (χ4v) is 3.44. The number of hydrogen-bond donors (Lipinski definition) is 0. The van der Waals surface area contributed by atoms with Crippen LogP contribution in [-0.4, -0.2) is 25.3 Å². The van der Waals surface area contributed by atoms with E-state index in [1.54, 1.807) is 11.3 Å².